The van der Waals surface area contributed by atoms with Crippen molar-refractivity contribution in [3.63, 3.8) is 0 Å². The van der Waals surface area contributed by atoms with Gasteiger partial charge < -0.3 is 9.84 Å². The summed E-state index contributed by atoms with van der Waals surface area (Å²) in [6.45, 7) is 2.18. The molecule has 4 heteroatoms. The summed E-state index contributed by atoms with van der Waals surface area (Å²) in [6.07, 6.45) is 15.4. The number of fused-ring (bicyclic) bond motifs is 2. The molecule has 3 nitrogen and oxygen atoms in total. The second-order valence-electron chi connectivity index (χ2n) is 6.32. The van der Waals surface area contributed by atoms with Crippen LogP contribution in [0.3, 0.4) is 0 Å². The van der Waals surface area contributed by atoms with E-state index in [2.05, 4.69) is 31.2 Å². The molecule has 0 radical (unpaired) electrons. The van der Waals surface area contributed by atoms with Crippen molar-refractivity contribution >= 4 is 17.6 Å². The molecule has 2 fully saturated rings. The Balaban J connectivity index is 1.65. The van der Waals surface area contributed by atoms with Gasteiger partial charge in [0.25, 0.3) is 0 Å². The first-order valence-electron chi connectivity index (χ1n) is 8.46. The van der Waals surface area contributed by atoms with Gasteiger partial charge >= 0.3 is 5.97 Å². The number of carbonyl (C=O) groups is 1. The number of aliphatic carboxylic acids is 1. The zero-order valence-corrected chi connectivity index (χ0v) is 14.0. The van der Waals surface area contributed by atoms with Crippen LogP contribution in [-0.4, -0.2) is 28.7 Å². The molecule has 1 aliphatic heterocycles. The van der Waals surface area contributed by atoms with Crippen LogP contribution in [0.4, 0.5) is 0 Å². The Bertz CT molecular complexity index is 419. The maximum Gasteiger partial charge on any atom is 0.303 e. The fourth-order valence-corrected chi connectivity index (χ4v) is 4.07. The highest BCUT2D eigenvalue weighted by molar-refractivity contribution is 6.21. The number of unbranched alkanes of at least 4 members (excludes halogenated alkanes) is 2. The number of allylic oxidation sites excluding steroid dienone is 3. The first kappa shape index (κ1) is 17.6. The van der Waals surface area contributed by atoms with Crippen LogP contribution in [0.5, 0.6) is 0 Å². The minimum Gasteiger partial charge on any atom is -0.481 e. The minimum atomic E-state index is -0.705. The maximum atomic E-state index is 10.4. The number of carboxylic acids is 1. The second-order valence-corrected chi connectivity index (χ2v) is 6.88. The van der Waals surface area contributed by atoms with E-state index < -0.39 is 5.97 Å². The quantitative estimate of drug-likeness (QED) is 0.384. The number of carboxylic acid groups (broad SMARTS) is 1. The SMILES string of the molecule is CCC1OC2C(Cl)CC1C2C=CCC=CCCCCC(=O)O. The van der Waals surface area contributed by atoms with Crippen molar-refractivity contribution in [1.82, 2.24) is 0 Å². The molecule has 5 atom stereocenters. The minimum absolute atomic E-state index is 0.173. The van der Waals surface area contributed by atoms with Crippen LogP contribution in [0.1, 0.15) is 51.9 Å². The highest BCUT2D eigenvalue weighted by Crippen LogP contribution is 2.48. The Morgan fingerprint density at radius 3 is 2.86 bits per heavy atom. The summed E-state index contributed by atoms with van der Waals surface area (Å²) in [4.78, 5) is 10.4. The lowest BCUT2D eigenvalue weighted by Crippen LogP contribution is -2.27. The lowest BCUT2D eigenvalue weighted by atomic mass is 9.91. The molecule has 124 valence electrons. The Hall–Kier alpha value is -0.800. The molecule has 0 amide bonds. The molecular weight excluding hydrogens is 300 g/mol. The lowest BCUT2D eigenvalue weighted by Gasteiger charge is -2.23. The van der Waals surface area contributed by atoms with Crippen molar-refractivity contribution in [1.29, 1.82) is 0 Å². The van der Waals surface area contributed by atoms with Crippen molar-refractivity contribution in [2.24, 2.45) is 11.8 Å². The zero-order chi connectivity index (χ0) is 15.9. The van der Waals surface area contributed by atoms with E-state index in [9.17, 15) is 4.79 Å². The van der Waals surface area contributed by atoms with E-state index in [-0.39, 0.29) is 17.9 Å². The summed E-state index contributed by atoms with van der Waals surface area (Å²) in [6, 6.07) is 0. The Morgan fingerprint density at radius 1 is 1.32 bits per heavy atom. The van der Waals surface area contributed by atoms with E-state index >= 15 is 0 Å². The van der Waals surface area contributed by atoms with E-state index in [1.54, 1.807) is 0 Å². The molecule has 1 saturated carbocycles. The number of hydrogen-bond donors (Lipinski definition) is 1. The van der Waals surface area contributed by atoms with Gasteiger partial charge in [-0.05, 0) is 44.4 Å². The van der Waals surface area contributed by atoms with Crippen molar-refractivity contribution in [2.45, 2.75) is 69.5 Å². The first-order chi connectivity index (χ1) is 10.6. The molecular formula is C18H27ClO3. The standard InChI is InChI=1S/C18H27ClO3/c1-2-16-14-12-15(19)18(22-16)13(14)10-8-6-4-3-5-7-9-11-17(20)21/h3-4,8,10,13-16,18H,2,5-7,9,11-12H2,1H3,(H,20,21). The topological polar surface area (TPSA) is 46.5 Å². The van der Waals surface area contributed by atoms with Crippen LogP contribution in [-0.2, 0) is 9.53 Å². The third kappa shape index (κ3) is 4.60. The van der Waals surface area contributed by atoms with Crippen molar-refractivity contribution < 1.29 is 14.6 Å². The molecule has 2 aliphatic rings. The third-order valence-corrected chi connectivity index (χ3v) is 5.17. The fourth-order valence-electron chi connectivity index (χ4n) is 3.63. The third-order valence-electron chi connectivity index (χ3n) is 4.75. The number of rotatable bonds is 9. The Kier molecular flexibility index (Phi) is 6.97. The molecule has 0 spiro atoms. The first-order valence-corrected chi connectivity index (χ1v) is 8.90. The summed E-state index contributed by atoms with van der Waals surface area (Å²) in [5.41, 5.74) is 0. The van der Waals surface area contributed by atoms with Crippen LogP contribution in [0, 0.1) is 11.8 Å². The molecule has 1 N–H and O–H groups in total. The molecule has 0 aromatic carbocycles. The van der Waals surface area contributed by atoms with Crippen molar-refractivity contribution in [3.05, 3.63) is 24.3 Å². The van der Waals surface area contributed by atoms with Crippen LogP contribution >= 0.6 is 11.6 Å². The monoisotopic (exact) mass is 326 g/mol. The van der Waals surface area contributed by atoms with E-state index in [1.165, 1.54) is 0 Å². The summed E-state index contributed by atoms with van der Waals surface area (Å²) >= 11 is 6.34. The fraction of sp³-hybridized carbons (Fsp3) is 0.722. The molecule has 22 heavy (non-hydrogen) atoms. The van der Waals surface area contributed by atoms with Gasteiger partial charge in [-0.1, -0.05) is 31.2 Å². The van der Waals surface area contributed by atoms with Crippen molar-refractivity contribution in [2.75, 3.05) is 0 Å². The highest BCUT2D eigenvalue weighted by atomic mass is 35.5. The number of alkyl halides is 1. The van der Waals surface area contributed by atoms with Crippen molar-refractivity contribution in [3.8, 4) is 0 Å². The van der Waals surface area contributed by atoms with E-state index in [0.717, 1.165) is 38.5 Å². The Labute approximate surface area is 138 Å². The predicted molar refractivity (Wildman–Crippen MR) is 89.2 cm³/mol. The average Bonchev–Trinajstić information content (AvgIpc) is 2.98. The molecule has 2 bridgehead atoms. The van der Waals surface area contributed by atoms with E-state index in [1.807, 2.05) is 0 Å². The molecule has 5 unspecified atom stereocenters. The summed E-state index contributed by atoms with van der Waals surface area (Å²) < 4.78 is 6.03. The molecule has 1 heterocycles. The van der Waals surface area contributed by atoms with Gasteiger partial charge in [0.05, 0.1) is 17.6 Å². The largest absolute Gasteiger partial charge is 0.481 e. The molecule has 2 rings (SSSR count). The van der Waals surface area contributed by atoms with Gasteiger partial charge in [-0.3, -0.25) is 4.79 Å². The second kappa shape index (κ2) is 8.73. The van der Waals surface area contributed by atoms with Gasteiger partial charge in [-0.2, -0.15) is 0 Å². The van der Waals surface area contributed by atoms with E-state index in [0.29, 0.717) is 17.9 Å². The predicted octanol–water partition coefficient (Wildman–Crippen LogP) is 4.55. The van der Waals surface area contributed by atoms with Crippen LogP contribution in [0.25, 0.3) is 0 Å². The normalized spacial score (nSPS) is 34.2. The highest BCUT2D eigenvalue weighted by Gasteiger charge is 2.52. The van der Waals surface area contributed by atoms with Gasteiger partial charge in [0, 0.05) is 12.3 Å². The smallest absolute Gasteiger partial charge is 0.303 e. The Morgan fingerprint density at radius 2 is 2.14 bits per heavy atom. The summed E-state index contributed by atoms with van der Waals surface area (Å²) in [5, 5.41) is 8.72. The van der Waals surface area contributed by atoms with Gasteiger partial charge in [-0.25, -0.2) is 0 Å². The van der Waals surface area contributed by atoms with Crippen LogP contribution in [0.2, 0.25) is 0 Å². The van der Waals surface area contributed by atoms with Gasteiger partial charge in [0.15, 0.2) is 0 Å². The summed E-state index contributed by atoms with van der Waals surface area (Å²) in [7, 11) is 0. The number of halogens is 1. The zero-order valence-electron chi connectivity index (χ0n) is 13.3. The molecule has 0 aromatic rings. The van der Waals surface area contributed by atoms with Gasteiger partial charge in [-0.15, -0.1) is 11.6 Å². The molecule has 1 aliphatic carbocycles. The number of ether oxygens (including phenoxy) is 1. The molecule has 0 aromatic heterocycles. The summed E-state index contributed by atoms with van der Waals surface area (Å²) in [5.74, 6) is 0.369. The van der Waals surface area contributed by atoms with Gasteiger partial charge in [0.1, 0.15) is 0 Å². The average molecular weight is 327 g/mol. The lowest BCUT2D eigenvalue weighted by molar-refractivity contribution is -0.137. The number of hydrogen-bond acceptors (Lipinski definition) is 2. The maximum absolute atomic E-state index is 10.4. The molecule has 1 saturated heterocycles. The van der Waals surface area contributed by atoms with E-state index in [4.69, 9.17) is 21.4 Å². The van der Waals surface area contributed by atoms with Crippen LogP contribution in [0.15, 0.2) is 24.3 Å². The van der Waals surface area contributed by atoms with Crippen LogP contribution < -0.4 is 0 Å². The van der Waals surface area contributed by atoms with Gasteiger partial charge in [0.2, 0.25) is 0 Å².